The average molecular weight is 431 g/mol. The van der Waals surface area contributed by atoms with Crippen molar-refractivity contribution in [3.05, 3.63) is 72.6 Å². The van der Waals surface area contributed by atoms with E-state index in [1.807, 2.05) is 0 Å². The van der Waals surface area contributed by atoms with Crippen LogP contribution in [0.1, 0.15) is 5.69 Å². The Hall–Kier alpha value is -3.30. The Bertz CT molecular complexity index is 1020. The lowest BCUT2D eigenvalue weighted by Gasteiger charge is -2.19. The average Bonchev–Trinajstić information content (AvgIpc) is 2.68. The van der Waals surface area contributed by atoms with Crippen molar-refractivity contribution in [2.45, 2.75) is 18.7 Å². The number of hydrogen-bond acceptors (Lipinski definition) is 3. The zero-order valence-electron chi connectivity index (χ0n) is 14.8. The first-order chi connectivity index (χ1) is 14.1. The molecule has 3 rings (SSSR count). The number of halogens is 7. The van der Waals surface area contributed by atoms with Gasteiger partial charge in [0, 0.05) is 17.8 Å². The number of nitrogens with zero attached hydrogens (tertiary/aromatic N) is 1. The maximum Gasteiger partial charge on any atom is 0.461 e. The van der Waals surface area contributed by atoms with Crippen LogP contribution in [0.25, 0.3) is 11.1 Å². The number of para-hydroxylation sites is 1. The molecule has 0 spiro atoms. The van der Waals surface area contributed by atoms with E-state index in [0.29, 0.717) is 6.07 Å². The maximum absolute atomic E-state index is 13.3. The Morgan fingerprint density at radius 1 is 0.800 bits per heavy atom. The van der Waals surface area contributed by atoms with Crippen molar-refractivity contribution in [2.24, 2.45) is 0 Å². The molecule has 0 bridgehead atoms. The van der Waals surface area contributed by atoms with Crippen LogP contribution in [0, 0.1) is 0 Å². The van der Waals surface area contributed by atoms with Gasteiger partial charge in [-0.25, -0.2) is 0 Å². The molecule has 30 heavy (non-hydrogen) atoms. The van der Waals surface area contributed by atoms with Crippen molar-refractivity contribution in [1.82, 2.24) is 4.98 Å². The van der Waals surface area contributed by atoms with Gasteiger partial charge in [0.2, 0.25) is 0 Å². The number of pyridine rings is 1. The van der Waals surface area contributed by atoms with Crippen molar-refractivity contribution < 1.29 is 40.2 Å². The number of benzene rings is 2. The van der Waals surface area contributed by atoms with Crippen LogP contribution in [-0.2, 0) is 6.18 Å². The Morgan fingerprint density at radius 2 is 1.50 bits per heavy atom. The van der Waals surface area contributed by atoms with Crippen molar-refractivity contribution in [3.63, 3.8) is 0 Å². The van der Waals surface area contributed by atoms with Gasteiger partial charge in [0.25, 0.3) is 0 Å². The molecule has 3 nitrogen and oxygen atoms in total. The van der Waals surface area contributed by atoms with E-state index < -0.39 is 30.2 Å². The zero-order chi connectivity index (χ0) is 21.9. The fourth-order valence-corrected chi connectivity index (χ4v) is 2.48. The first-order valence-corrected chi connectivity index (χ1v) is 8.32. The molecule has 0 N–H and O–H groups in total. The number of alkyl halides is 7. The molecule has 0 fully saturated rings. The van der Waals surface area contributed by atoms with Crippen molar-refractivity contribution in [2.75, 3.05) is 0 Å². The smallest absolute Gasteiger partial charge is 0.457 e. The molecule has 0 radical (unpaired) electrons. The van der Waals surface area contributed by atoms with Gasteiger partial charge in [0.1, 0.15) is 22.9 Å². The molecule has 0 aliphatic rings. The molecule has 158 valence electrons. The number of ether oxygens (including phenoxy) is 2. The predicted octanol–water partition coefficient (Wildman–Crippen LogP) is 6.80. The highest BCUT2D eigenvalue weighted by Gasteiger charge is 2.44. The first-order valence-electron chi connectivity index (χ1n) is 8.32. The normalized spacial score (nSPS) is 12.1. The summed E-state index contributed by atoms with van der Waals surface area (Å²) < 4.78 is 99.6. The largest absolute Gasteiger partial charge is 0.461 e. The van der Waals surface area contributed by atoms with Crippen LogP contribution in [0.5, 0.6) is 17.2 Å². The van der Waals surface area contributed by atoms with E-state index in [-0.39, 0.29) is 22.6 Å². The summed E-state index contributed by atoms with van der Waals surface area (Å²) in [5.41, 5.74) is -0.823. The molecule has 0 unspecified atom stereocenters. The SMILES string of the molecule is FC(F)C(F)(F)Oc1ccccc1-c1cccc(Oc2ccnc(C(F)(F)F)c2)c1. The van der Waals surface area contributed by atoms with Crippen molar-refractivity contribution in [1.29, 1.82) is 0 Å². The number of aromatic nitrogens is 1. The van der Waals surface area contributed by atoms with E-state index in [0.717, 1.165) is 12.3 Å². The number of rotatable bonds is 6. The van der Waals surface area contributed by atoms with E-state index in [1.165, 1.54) is 48.5 Å². The molecule has 3 aromatic rings. The third-order valence-corrected chi connectivity index (χ3v) is 3.79. The highest BCUT2D eigenvalue weighted by Crippen LogP contribution is 2.37. The topological polar surface area (TPSA) is 31.4 Å². The predicted molar refractivity (Wildman–Crippen MR) is 92.8 cm³/mol. The second kappa shape index (κ2) is 8.21. The Morgan fingerprint density at radius 3 is 2.20 bits per heavy atom. The summed E-state index contributed by atoms with van der Waals surface area (Å²) in [7, 11) is 0. The summed E-state index contributed by atoms with van der Waals surface area (Å²) in [5, 5.41) is 0. The molecule has 0 atom stereocenters. The van der Waals surface area contributed by atoms with Gasteiger partial charge >= 0.3 is 18.7 Å². The molecule has 2 aromatic carbocycles. The van der Waals surface area contributed by atoms with Crippen molar-refractivity contribution >= 4 is 0 Å². The third kappa shape index (κ3) is 5.00. The van der Waals surface area contributed by atoms with E-state index in [9.17, 15) is 30.7 Å². The first kappa shape index (κ1) is 21.4. The quantitative estimate of drug-likeness (QED) is 0.403. The Kier molecular flexibility index (Phi) is 5.86. The minimum atomic E-state index is -4.70. The highest BCUT2D eigenvalue weighted by molar-refractivity contribution is 5.71. The third-order valence-electron chi connectivity index (χ3n) is 3.79. The molecular formula is C20H12F7NO2. The van der Waals surface area contributed by atoms with E-state index >= 15 is 0 Å². The maximum atomic E-state index is 13.3. The fraction of sp³-hybridized carbons (Fsp3) is 0.150. The van der Waals surface area contributed by atoms with E-state index in [1.54, 1.807) is 0 Å². The summed E-state index contributed by atoms with van der Waals surface area (Å²) >= 11 is 0. The van der Waals surface area contributed by atoms with Crippen LogP contribution in [0.3, 0.4) is 0 Å². The van der Waals surface area contributed by atoms with Crippen LogP contribution < -0.4 is 9.47 Å². The Balaban J connectivity index is 1.90. The second-order valence-corrected chi connectivity index (χ2v) is 5.97. The lowest BCUT2D eigenvalue weighted by Crippen LogP contribution is -2.33. The highest BCUT2D eigenvalue weighted by atomic mass is 19.4. The molecular weight excluding hydrogens is 419 g/mol. The van der Waals surface area contributed by atoms with Crippen LogP contribution in [0.4, 0.5) is 30.7 Å². The fourth-order valence-electron chi connectivity index (χ4n) is 2.48. The summed E-state index contributed by atoms with van der Waals surface area (Å²) in [4.78, 5) is 3.22. The molecule has 10 heteroatoms. The molecule has 1 heterocycles. The summed E-state index contributed by atoms with van der Waals surface area (Å²) in [5.74, 6) is -0.561. The molecule has 0 aliphatic carbocycles. The molecule has 0 aliphatic heterocycles. The molecule has 0 saturated carbocycles. The summed E-state index contributed by atoms with van der Waals surface area (Å²) in [6.07, 6.45) is -12.5. The lowest BCUT2D eigenvalue weighted by atomic mass is 10.0. The summed E-state index contributed by atoms with van der Waals surface area (Å²) in [6.45, 7) is 0. The van der Waals surface area contributed by atoms with Crippen LogP contribution in [0.15, 0.2) is 66.9 Å². The monoisotopic (exact) mass is 431 g/mol. The lowest BCUT2D eigenvalue weighted by molar-refractivity contribution is -0.253. The molecule has 0 amide bonds. The zero-order valence-corrected chi connectivity index (χ0v) is 14.8. The minimum Gasteiger partial charge on any atom is -0.457 e. The number of hydrogen-bond donors (Lipinski definition) is 0. The van der Waals surface area contributed by atoms with Crippen LogP contribution in [0.2, 0.25) is 0 Å². The van der Waals surface area contributed by atoms with Gasteiger partial charge in [-0.2, -0.15) is 30.7 Å². The van der Waals surface area contributed by atoms with Gasteiger partial charge in [0.15, 0.2) is 0 Å². The van der Waals surface area contributed by atoms with Gasteiger partial charge in [0.05, 0.1) is 0 Å². The molecule has 0 saturated heterocycles. The van der Waals surface area contributed by atoms with Gasteiger partial charge in [-0.3, -0.25) is 4.98 Å². The van der Waals surface area contributed by atoms with Crippen molar-refractivity contribution in [3.8, 4) is 28.4 Å². The second-order valence-electron chi connectivity index (χ2n) is 5.97. The van der Waals surface area contributed by atoms with Crippen LogP contribution in [-0.4, -0.2) is 17.5 Å². The van der Waals surface area contributed by atoms with Gasteiger partial charge in [-0.1, -0.05) is 30.3 Å². The minimum absolute atomic E-state index is 0.0639. The van der Waals surface area contributed by atoms with E-state index in [4.69, 9.17) is 4.74 Å². The Labute approximate surface area is 165 Å². The summed E-state index contributed by atoms with van der Waals surface area (Å²) in [6, 6.07) is 12.9. The van der Waals surface area contributed by atoms with Crippen LogP contribution >= 0.6 is 0 Å². The van der Waals surface area contributed by atoms with Gasteiger partial charge in [-0.15, -0.1) is 0 Å². The standard InChI is InChI=1S/C20H12F7NO2/c21-18(22)20(26,27)30-16-7-2-1-6-15(16)12-4-3-5-13(10-12)29-14-8-9-28-17(11-14)19(23,24)25/h1-11,18H. The van der Waals surface area contributed by atoms with Gasteiger partial charge in [-0.05, 0) is 29.8 Å². The van der Waals surface area contributed by atoms with Gasteiger partial charge < -0.3 is 9.47 Å². The molecule has 1 aromatic heterocycles. The van der Waals surface area contributed by atoms with E-state index in [2.05, 4.69) is 9.72 Å².